The SMILES string of the molecule is Cc1cc(-c2c(-c3ccccc3)nc(N)[n+]3c(=O)n(Cc4cc(C)on4)[nH]c23)cc(C)n1. The van der Waals surface area contributed by atoms with E-state index in [2.05, 4.69) is 20.2 Å². The van der Waals surface area contributed by atoms with E-state index < -0.39 is 0 Å². The largest absolute Gasteiger partial charge is 0.428 e. The van der Waals surface area contributed by atoms with E-state index in [9.17, 15) is 4.79 Å². The maximum atomic E-state index is 13.2. The lowest BCUT2D eigenvalue weighted by Crippen LogP contribution is -2.44. The predicted octanol–water partition coefficient (Wildman–Crippen LogP) is 2.58. The molecule has 0 radical (unpaired) electrons. The van der Waals surface area contributed by atoms with E-state index in [1.807, 2.05) is 56.3 Å². The first-order chi connectivity index (χ1) is 15.4. The molecular formula is C23H22N7O2+. The molecular weight excluding hydrogens is 406 g/mol. The molecule has 9 heteroatoms. The van der Waals surface area contributed by atoms with Gasteiger partial charge in [-0.15, -0.1) is 9.38 Å². The Morgan fingerprint density at radius 3 is 2.41 bits per heavy atom. The number of fused-ring (bicyclic) bond motifs is 1. The highest BCUT2D eigenvalue weighted by Crippen LogP contribution is 2.33. The smallest absolute Gasteiger partial charge is 0.361 e. The van der Waals surface area contributed by atoms with Crippen LogP contribution in [0.5, 0.6) is 0 Å². The van der Waals surface area contributed by atoms with Crippen molar-refractivity contribution in [1.29, 1.82) is 0 Å². The molecule has 5 rings (SSSR count). The molecule has 0 saturated heterocycles. The zero-order valence-electron chi connectivity index (χ0n) is 18.0. The molecule has 0 fully saturated rings. The molecule has 4 aromatic heterocycles. The van der Waals surface area contributed by atoms with Crippen LogP contribution in [0.3, 0.4) is 0 Å². The summed E-state index contributed by atoms with van der Waals surface area (Å²) >= 11 is 0. The zero-order valence-corrected chi connectivity index (χ0v) is 18.0. The molecule has 0 atom stereocenters. The topological polar surface area (TPSA) is 120 Å². The van der Waals surface area contributed by atoms with Crippen LogP contribution in [0, 0.1) is 20.8 Å². The van der Waals surface area contributed by atoms with Gasteiger partial charge in [0.15, 0.2) is 0 Å². The number of nitrogen functional groups attached to an aromatic ring is 1. The summed E-state index contributed by atoms with van der Waals surface area (Å²) in [5, 5.41) is 7.22. The third-order valence-electron chi connectivity index (χ3n) is 5.23. The number of rotatable bonds is 4. The third kappa shape index (κ3) is 3.33. The minimum atomic E-state index is -0.339. The maximum absolute atomic E-state index is 13.2. The van der Waals surface area contributed by atoms with Crippen LogP contribution in [0.1, 0.15) is 22.8 Å². The Morgan fingerprint density at radius 2 is 1.75 bits per heavy atom. The molecule has 0 bridgehead atoms. The first-order valence-electron chi connectivity index (χ1n) is 10.2. The third-order valence-corrected chi connectivity index (χ3v) is 5.23. The monoisotopic (exact) mass is 428 g/mol. The van der Waals surface area contributed by atoms with Crippen molar-refractivity contribution < 1.29 is 8.92 Å². The molecule has 1 aromatic carbocycles. The lowest BCUT2D eigenvalue weighted by atomic mass is 9.99. The highest BCUT2D eigenvalue weighted by Gasteiger charge is 2.26. The number of anilines is 1. The summed E-state index contributed by atoms with van der Waals surface area (Å²) < 4.78 is 7.98. The fourth-order valence-corrected chi connectivity index (χ4v) is 3.97. The van der Waals surface area contributed by atoms with E-state index in [0.717, 1.165) is 28.1 Å². The molecule has 4 heterocycles. The molecule has 3 N–H and O–H groups in total. The number of aromatic amines is 1. The molecule has 32 heavy (non-hydrogen) atoms. The first kappa shape index (κ1) is 19.7. The summed E-state index contributed by atoms with van der Waals surface area (Å²) in [5.74, 6) is 0.772. The van der Waals surface area contributed by atoms with E-state index in [0.29, 0.717) is 22.8 Å². The van der Waals surface area contributed by atoms with E-state index in [-0.39, 0.29) is 18.2 Å². The van der Waals surface area contributed by atoms with Gasteiger partial charge in [-0.3, -0.25) is 4.98 Å². The summed E-state index contributed by atoms with van der Waals surface area (Å²) in [6.45, 7) is 5.90. The Bertz CT molecular complexity index is 1490. The fourth-order valence-electron chi connectivity index (χ4n) is 3.97. The fraction of sp³-hybridized carbons (Fsp3) is 0.174. The second-order valence-corrected chi connectivity index (χ2v) is 7.79. The van der Waals surface area contributed by atoms with Gasteiger partial charge in [-0.1, -0.05) is 35.5 Å². The van der Waals surface area contributed by atoms with Crippen LogP contribution in [-0.2, 0) is 6.54 Å². The van der Waals surface area contributed by atoms with Crippen LogP contribution in [0.25, 0.3) is 28.0 Å². The van der Waals surface area contributed by atoms with Gasteiger partial charge in [-0.2, -0.15) is 4.68 Å². The highest BCUT2D eigenvalue weighted by atomic mass is 16.5. The van der Waals surface area contributed by atoms with Crippen LogP contribution in [0.2, 0.25) is 0 Å². The van der Waals surface area contributed by atoms with Crippen molar-refractivity contribution in [3.05, 3.63) is 81.9 Å². The van der Waals surface area contributed by atoms with Crippen LogP contribution >= 0.6 is 0 Å². The quantitative estimate of drug-likeness (QED) is 0.425. The van der Waals surface area contributed by atoms with Crippen molar-refractivity contribution >= 4 is 11.6 Å². The molecule has 0 amide bonds. The zero-order chi connectivity index (χ0) is 22.4. The summed E-state index contributed by atoms with van der Waals surface area (Å²) in [7, 11) is 0. The molecule has 0 saturated carbocycles. The maximum Gasteiger partial charge on any atom is 0.428 e. The number of aryl methyl sites for hydroxylation is 3. The first-order valence-corrected chi connectivity index (χ1v) is 10.2. The second-order valence-electron chi connectivity index (χ2n) is 7.79. The number of hydrogen-bond donors (Lipinski definition) is 2. The van der Waals surface area contributed by atoms with E-state index in [1.165, 1.54) is 9.08 Å². The highest BCUT2D eigenvalue weighted by molar-refractivity contribution is 5.88. The van der Waals surface area contributed by atoms with E-state index in [1.54, 1.807) is 13.0 Å². The lowest BCUT2D eigenvalue weighted by molar-refractivity contribution is -0.516. The van der Waals surface area contributed by atoms with Gasteiger partial charge in [0, 0.05) is 23.0 Å². The average Bonchev–Trinajstić information content (AvgIpc) is 3.31. The van der Waals surface area contributed by atoms with Crippen molar-refractivity contribution in [1.82, 2.24) is 24.9 Å². The number of H-pyrrole nitrogens is 1. The molecule has 0 spiro atoms. The summed E-state index contributed by atoms with van der Waals surface area (Å²) in [6.07, 6.45) is 0. The number of nitrogens with zero attached hydrogens (tertiary/aromatic N) is 5. The number of pyridine rings is 1. The van der Waals surface area contributed by atoms with E-state index >= 15 is 0 Å². The van der Waals surface area contributed by atoms with Crippen molar-refractivity contribution in [3.63, 3.8) is 0 Å². The number of nitrogens with two attached hydrogens (primary N) is 1. The molecule has 5 aromatic rings. The molecule has 160 valence electrons. The van der Waals surface area contributed by atoms with Crippen molar-refractivity contribution in [2.24, 2.45) is 0 Å². The number of aromatic nitrogens is 6. The molecule has 0 aliphatic heterocycles. The number of nitrogens with one attached hydrogen (secondary N) is 1. The summed E-state index contributed by atoms with van der Waals surface area (Å²) in [4.78, 5) is 22.4. The Hall–Kier alpha value is -4.27. The Balaban J connectivity index is 1.83. The van der Waals surface area contributed by atoms with E-state index in [4.69, 9.17) is 10.3 Å². The van der Waals surface area contributed by atoms with Gasteiger partial charge >= 0.3 is 11.6 Å². The summed E-state index contributed by atoms with van der Waals surface area (Å²) in [6, 6.07) is 15.5. The normalized spacial score (nSPS) is 11.3. The van der Waals surface area contributed by atoms with Gasteiger partial charge in [0.05, 0.1) is 5.56 Å². The second kappa shape index (κ2) is 7.45. The molecule has 0 aliphatic carbocycles. The van der Waals surface area contributed by atoms with Crippen LogP contribution in [0.4, 0.5) is 5.95 Å². The van der Waals surface area contributed by atoms with Gasteiger partial charge in [-0.25, -0.2) is 9.89 Å². The Labute approximate surface area is 183 Å². The number of hydrogen-bond acceptors (Lipinski definition) is 6. The number of benzene rings is 1. The van der Waals surface area contributed by atoms with Crippen LogP contribution < -0.4 is 15.8 Å². The summed E-state index contributed by atoms with van der Waals surface area (Å²) in [5.41, 5.74) is 12.1. The van der Waals surface area contributed by atoms with Gasteiger partial charge in [0.1, 0.15) is 23.7 Å². The standard InChI is InChI=1S/C23H21N7O2/c1-13-9-17(10-14(2)25-13)19-20(16-7-5-4-6-8-16)26-22(24)30-21(19)27-29(23(30)31)12-18-11-15(3)32-28-18/h4-11H,12H2,1-3H3,(H2,24,25,26,27)/p+1. The minimum Gasteiger partial charge on any atom is -0.361 e. The average molecular weight is 428 g/mol. The molecule has 0 unspecified atom stereocenters. The Kier molecular flexibility index (Phi) is 4.58. The van der Waals surface area contributed by atoms with Crippen molar-refractivity contribution in [3.8, 4) is 22.4 Å². The lowest BCUT2D eigenvalue weighted by Gasteiger charge is -2.10. The molecule has 0 aliphatic rings. The van der Waals surface area contributed by atoms with Crippen molar-refractivity contribution in [2.45, 2.75) is 27.3 Å². The molecule has 9 nitrogen and oxygen atoms in total. The minimum absolute atomic E-state index is 0.0986. The van der Waals surface area contributed by atoms with Gasteiger partial charge in [0.25, 0.3) is 0 Å². The Morgan fingerprint density at radius 1 is 1.03 bits per heavy atom. The van der Waals surface area contributed by atoms with Crippen LogP contribution in [0.15, 0.2) is 57.8 Å². The van der Waals surface area contributed by atoms with Crippen LogP contribution in [-0.4, -0.2) is 24.9 Å². The van der Waals surface area contributed by atoms with Crippen molar-refractivity contribution in [2.75, 3.05) is 5.73 Å². The van der Waals surface area contributed by atoms with Gasteiger partial charge in [0.2, 0.25) is 5.65 Å². The van der Waals surface area contributed by atoms with Gasteiger partial charge < -0.3 is 10.3 Å². The van der Waals surface area contributed by atoms with Gasteiger partial charge in [-0.05, 0) is 38.5 Å². The predicted molar refractivity (Wildman–Crippen MR) is 119 cm³/mol.